The third-order valence-corrected chi connectivity index (χ3v) is 3.74. The van der Waals surface area contributed by atoms with Crippen molar-refractivity contribution in [3.05, 3.63) is 59.9 Å². The third-order valence-electron chi connectivity index (χ3n) is 3.74. The van der Waals surface area contributed by atoms with E-state index in [-0.39, 0.29) is 5.69 Å². The van der Waals surface area contributed by atoms with Crippen molar-refractivity contribution in [1.82, 2.24) is 15.0 Å². The van der Waals surface area contributed by atoms with E-state index in [4.69, 9.17) is 5.41 Å². The van der Waals surface area contributed by atoms with Crippen molar-refractivity contribution in [3.8, 4) is 11.4 Å². The molecule has 0 spiro atoms. The Labute approximate surface area is 151 Å². The van der Waals surface area contributed by atoms with Crippen LogP contribution in [-0.2, 0) is 0 Å². The second kappa shape index (κ2) is 7.69. The van der Waals surface area contributed by atoms with Crippen LogP contribution < -0.4 is 10.6 Å². The fraction of sp³-hybridized carbons (Fsp3) is 0.158. The van der Waals surface area contributed by atoms with Gasteiger partial charge in [0.2, 0.25) is 0 Å². The van der Waals surface area contributed by atoms with Crippen LogP contribution in [0.1, 0.15) is 18.3 Å². The number of aryl methyl sites for hydroxylation is 1. The Bertz CT molecular complexity index is 941. The van der Waals surface area contributed by atoms with Crippen molar-refractivity contribution in [2.75, 3.05) is 17.2 Å². The minimum Gasteiger partial charge on any atom is -0.382 e. The Hall–Kier alpha value is -3.35. The molecule has 0 aliphatic carbocycles. The zero-order valence-corrected chi connectivity index (χ0v) is 14.5. The van der Waals surface area contributed by atoms with Crippen LogP contribution >= 0.6 is 0 Å². The average molecular weight is 350 g/mol. The van der Waals surface area contributed by atoms with Gasteiger partial charge in [-0.1, -0.05) is 0 Å². The van der Waals surface area contributed by atoms with Gasteiger partial charge in [0.15, 0.2) is 5.82 Å². The lowest BCUT2D eigenvalue weighted by Gasteiger charge is -2.15. The maximum atomic E-state index is 14.1. The monoisotopic (exact) mass is 350 g/mol. The number of nitrogens with zero attached hydrogens (tertiary/aromatic N) is 3. The molecule has 0 atom stereocenters. The first-order chi connectivity index (χ1) is 12.6. The Morgan fingerprint density at radius 2 is 1.96 bits per heavy atom. The summed E-state index contributed by atoms with van der Waals surface area (Å²) in [7, 11) is 0. The lowest BCUT2D eigenvalue weighted by atomic mass is 10.2. The van der Waals surface area contributed by atoms with Crippen LogP contribution in [0.25, 0.3) is 11.4 Å². The Balaban J connectivity index is 1.98. The highest BCUT2D eigenvalue weighted by Gasteiger charge is 2.11. The molecule has 3 aromatic rings. The van der Waals surface area contributed by atoms with Crippen LogP contribution in [0.3, 0.4) is 0 Å². The van der Waals surface area contributed by atoms with E-state index in [2.05, 4.69) is 25.6 Å². The van der Waals surface area contributed by atoms with Gasteiger partial charge in [-0.15, -0.1) is 0 Å². The van der Waals surface area contributed by atoms with Gasteiger partial charge in [-0.25, -0.2) is 9.37 Å². The van der Waals surface area contributed by atoms with E-state index in [0.29, 0.717) is 17.9 Å². The predicted molar refractivity (Wildman–Crippen MR) is 102 cm³/mol. The molecule has 3 rings (SSSR count). The van der Waals surface area contributed by atoms with E-state index in [9.17, 15) is 4.39 Å². The zero-order chi connectivity index (χ0) is 18.5. The van der Waals surface area contributed by atoms with E-state index in [0.717, 1.165) is 22.8 Å². The maximum absolute atomic E-state index is 14.1. The van der Waals surface area contributed by atoms with Gasteiger partial charge in [-0.3, -0.25) is 9.97 Å². The minimum atomic E-state index is -0.413. The van der Waals surface area contributed by atoms with Gasteiger partial charge in [0.05, 0.1) is 17.1 Å². The van der Waals surface area contributed by atoms with Crippen molar-refractivity contribution >= 4 is 23.3 Å². The SMILES string of the molecule is CCNc1c(Nc2ccnc(-c3nc(C)ccc3F)c2)ccnc1C=N. The Morgan fingerprint density at radius 1 is 1.15 bits per heavy atom. The summed E-state index contributed by atoms with van der Waals surface area (Å²) in [5.74, 6) is -0.413. The number of pyridine rings is 3. The predicted octanol–water partition coefficient (Wildman–Crippen LogP) is 4.16. The van der Waals surface area contributed by atoms with Crippen LogP contribution in [0.15, 0.2) is 42.7 Å². The fourth-order valence-electron chi connectivity index (χ4n) is 2.57. The highest BCUT2D eigenvalue weighted by atomic mass is 19.1. The maximum Gasteiger partial charge on any atom is 0.151 e. The summed E-state index contributed by atoms with van der Waals surface area (Å²) < 4.78 is 14.1. The molecule has 0 fully saturated rings. The van der Waals surface area contributed by atoms with E-state index in [1.807, 2.05) is 19.9 Å². The number of hydrogen-bond acceptors (Lipinski definition) is 6. The second-order valence-corrected chi connectivity index (χ2v) is 5.63. The molecule has 7 heteroatoms. The van der Waals surface area contributed by atoms with Crippen molar-refractivity contribution in [3.63, 3.8) is 0 Å². The molecule has 3 aromatic heterocycles. The van der Waals surface area contributed by atoms with Crippen LogP contribution in [0, 0.1) is 18.2 Å². The van der Waals surface area contributed by atoms with Crippen molar-refractivity contribution in [2.24, 2.45) is 0 Å². The van der Waals surface area contributed by atoms with Crippen LogP contribution in [0.5, 0.6) is 0 Å². The third kappa shape index (κ3) is 3.66. The lowest BCUT2D eigenvalue weighted by Crippen LogP contribution is -2.06. The quantitative estimate of drug-likeness (QED) is 0.581. The summed E-state index contributed by atoms with van der Waals surface area (Å²) >= 11 is 0. The van der Waals surface area contributed by atoms with Gasteiger partial charge in [0, 0.05) is 36.5 Å². The van der Waals surface area contributed by atoms with Crippen LogP contribution in [0.4, 0.5) is 21.5 Å². The number of halogens is 1. The number of hydrogen-bond donors (Lipinski definition) is 3. The number of aromatic nitrogens is 3. The van der Waals surface area contributed by atoms with Crippen molar-refractivity contribution < 1.29 is 4.39 Å². The number of nitrogens with one attached hydrogen (secondary N) is 3. The first-order valence-corrected chi connectivity index (χ1v) is 8.22. The summed E-state index contributed by atoms with van der Waals surface area (Å²) in [6, 6.07) is 8.36. The molecule has 0 aliphatic heterocycles. The summed E-state index contributed by atoms with van der Waals surface area (Å²) in [4.78, 5) is 12.7. The first-order valence-electron chi connectivity index (χ1n) is 8.22. The average Bonchev–Trinajstić information content (AvgIpc) is 2.65. The molecule has 3 heterocycles. The lowest BCUT2D eigenvalue weighted by molar-refractivity contribution is 0.624. The van der Waals surface area contributed by atoms with Gasteiger partial charge in [-0.2, -0.15) is 0 Å². The van der Waals surface area contributed by atoms with Gasteiger partial charge >= 0.3 is 0 Å². The molecule has 26 heavy (non-hydrogen) atoms. The second-order valence-electron chi connectivity index (χ2n) is 5.63. The fourth-order valence-corrected chi connectivity index (χ4v) is 2.57. The van der Waals surface area contributed by atoms with Gasteiger partial charge in [0.25, 0.3) is 0 Å². The van der Waals surface area contributed by atoms with Crippen LogP contribution in [0.2, 0.25) is 0 Å². The standard InChI is InChI=1S/C19H19FN6/c1-3-22-19-15(7-9-24-17(19)11-21)26-13-6-8-23-16(10-13)18-14(20)5-4-12(2)25-18/h4-11,21-22H,3H2,1-2H3,(H,23,24,26). The smallest absolute Gasteiger partial charge is 0.151 e. The summed E-state index contributed by atoms with van der Waals surface area (Å²) in [6.45, 7) is 4.48. The highest BCUT2D eigenvalue weighted by molar-refractivity contribution is 5.90. The van der Waals surface area contributed by atoms with E-state index < -0.39 is 5.82 Å². The minimum absolute atomic E-state index is 0.218. The molecule has 0 saturated heterocycles. The van der Waals surface area contributed by atoms with Gasteiger partial charge in [-0.05, 0) is 44.2 Å². The van der Waals surface area contributed by atoms with Gasteiger partial charge in [0.1, 0.15) is 11.4 Å². The molecule has 6 nitrogen and oxygen atoms in total. The molecular formula is C19H19FN6. The molecule has 0 saturated carbocycles. The highest BCUT2D eigenvalue weighted by Crippen LogP contribution is 2.28. The van der Waals surface area contributed by atoms with Crippen LogP contribution in [-0.4, -0.2) is 27.7 Å². The number of rotatable bonds is 6. The molecule has 3 N–H and O–H groups in total. The van der Waals surface area contributed by atoms with Crippen molar-refractivity contribution in [2.45, 2.75) is 13.8 Å². The molecular weight excluding hydrogens is 331 g/mol. The molecule has 0 radical (unpaired) electrons. The van der Waals surface area contributed by atoms with E-state index >= 15 is 0 Å². The molecule has 0 aromatic carbocycles. The summed E-state index contributed by atoms with van der Waals surface area (Å²) in [5.41, 5.74) is 4.17. The first kappa shape index (κ1) is 17.5. The Kier molecular flexibility index (Phi) is 5.17. The normalized spacial score (nSPS) is 10.4. The largest absolute Gasteiger partial charge is 0.382 e. The topological polar surface area (TPSA) is 86.6 Å². The molecule has 0 aliphatic rings. The summed E-state index contributed by atoms with van der Waals surface area (Å²) in [6.07, 6.45) is 4.44. The number of anilines is 3. The molecule has 0 amide bonds. The molecule has 132 valence electrons. The van der Waals surface area contributed by atoms with E-state index in [1.54, 1.807) is 30.6 Å². The van der Waals surface area contributed by atoms with Gasteiger partial charge < -0.3 is 16.0 Å². The Morgan fingerprint density at radius 3 is 2.73 bits per heavy atom. The summed E-state index contributed by atoms with van der Waals surface area (Å²) in [5, 5.41) is 14.0. The zero-order valence-electron chi connectivity index (χ0n) is 14.5. The van der Waals surface area contributed by atoms with Crippen molar-refractivity contribution in [1.29, 1.82) is 5.41 Å². The molecule has 0 unspecified atom stereocenters. The molecule has 0 bridgehead atoms. The van der Waals surface area contributed by atoms with E-state index in [1.165, 1.54) is 12.3 Å².